The number of hydrogen-bond acceptors (Lipinski definition) is 4. The number of benzene rings is 1. The zero-order valence-electron chi connectivity index (χ0n) is 9.76. The third-order valence-electron chi connectivity index (χ3n) is 2.28. The van der Waals surface area contributed by atoms with Crippen LogP contribution in [0.3, 0.4) is 0 Å². The summed E-state index contributed by atoms with van der Waals surface area (Å²) in [6, 6.07) is 8.21. The van der Waals surface area contributed by atoms with Gasteiger partial charge < -0.3 is 15.1 Å². The molecule has 90 valence electrons. The molecule has 1 atom stereocenters. The third-order valence-corrected chi connectivity index (χ3v) is 3.18. The second-order valence-corrected chi connectivity index (χ2v) is 4.98. The Labute approximate surface area is 101 Å². The summed E-state index contributed by atoms with van der Waals surface area (Å²) in [5.41, 5.74) is 1.05. The summed E-state index contributed by atoms with van der Waals surface area (Å²) < 4.78 is 0. The fraction of sp³-hybridized carbons (Fsp3) is 0.500. The molecule has 3 nitrogen and oxygen atoms in total. The van der Waals surface area contributed by atoms with Crippen molar-refractivity contribution in [3.8, 4) is 0 Å². The maximum atomic E-state index is 9.33. The molecule has 0 bridgehead atoms. The summed E-state index contributed by atoms with van der Waals surface area (Å²) >= 11 is 1.81. The highest BCUT2D eigenvalue weighted by Crippen LogP contribution is 2.21. The van der Waals surface area contributed by atoms with Crippen molar-refractivity contribution in [3.63, 3.8) is 0 Å². The lowest BCUT2D eigenvalue weighted by Gasteiger charge is -2.21. The second kappa shape index (κ2) is 6.78. The molecule has 0 aliphatic rings. The van der Waals surface area contributed by atoms with Crippen LogP contribution in [0.15, 0.2) is 29.2 Å². The van der Waals surface area contributed by atoms with Gasteiger partial charge in [0, 0.05) is 24.2 Å². The molecule has 4 heteroatoms. The summed E-state index contributed by atoms with van der Waals surface area (Å²) in [4.78, 5) is 3.18. The zero-order chi connectivity index (χ0) is 12.0. The molecular weight excluding hydrogens is 222 g/mol. The van der Waals surface area contributed by atoms with E-state index in [9.17, 15) is 5.11 Å². The van der Waals surface area contributed by atoms with Crippen LogP contribution in [0.25, 0.3) is 0 Å². The maximum absolute atomic E-state index is 9.33. The van der Waals surface area contributed by atoms with Gasteiger partial charge in [-0.15, -0.1) is 11.8 Å². The number of aliphatic hydroxyl groups is 2. The Hall–Kier alpha value is -0.710. The van der Waals surface area contributed by atoms with Crippen molar-refractivity contribution in [1.29, 1.82) is 0 Å². The predicted octanol–water partition coefficient (Wildman–Crippen LogP) is 1.59. The molecule has 2 N–H and O–H groups in total. The van der Waals surface area contributed by atoms with Crippen molar-refractivity contribution >= 4 is 17.4 Å². The minimum absolute atomic E-state index is 0.200. The Bertz CT molecular complexity index is 302. The molecule has 0 fully saturated rings. The molecule has 0 saturated carbocycles. The first-order valence-electron chi connectivity index (χ1n) is 5.40. The fourth-order valence-electron chi connectivity index (χ4n) is 1.44. The van der Waals surface area contributed by atoms with Gasteiger partial charge in [-0.3, -0.25) is 0 Å². The normalized spacial score (nSPS) is 12.5. The average molecular weight is 241 g/mol. The van der Waals surface area contributed by atoms with Crippen molar-refractivity contribution in [2.75, 3.05) is 30.9 Å². The van der Waals surface area contributed by atoms with Gasteiger partial charge in [0.2, 0.25) is 0 Å². The Balaban J connectivity index is 2.59. The second-order valence-electron chi connectivity index (χ2n) is 3.64. The number of anilines is 1. The molecule has 0 heterocycles. The highest BCUT2D eigenvalue weighted by Gasteiger charge is 2.07. The van der Waals surface area contributed by atoms with Crippen LogP contribution in [0, 0.1) is 0 Å². The average Bonchev–Trinajstić information content (AvgIpc) is 2.30. The molecule has 0 spiro atoms. The van der Waals surface area contributed by atoms with Crippen molar-refractivity contribution in [2.45, 2.75) is 17.9 Å². The molecule has 16 heavy (non-hydrogen) atoms. The van der Waals surface area contributed by atoms with Crippen molar-refractivity contribution < 1.29 is 10.2 Å². The van der Waals surface area contributed by atoms with Crippen LogP contribution in [-0.4, -0.2) is 42.3 Å². The Morgan fingerprint density at radius 3 is 2.44 bits per heavy atom. The molecule has 0 amide bonds. The molecule has 1 aromatic rings. The van der Waals surface area contributed by atoms with E-state index in [1.165, 1.54) is 4.90 Å². The van der Waals surface area contributed by atoms with Gasteiger partial charge in [-0.1, -0.05) is 6.92 Å². The lowest BCUT2D eigenvalue weighted by atomic mass is 10.2. The fourth-order valence-corrected chi connectivity index (χ4v) is 2.10. The van der Waals surface area contributed by atoms with E-state index in [0.717, 1.165) is 11.4 Å². The van der Waals surface area contributed by atoms with E-state index in [1.807, 2.05) is 24.1 Å². The molecule has 0 aliphatic carbocycles. The number of nitrogens with zero attached hydrogens (tertiary/aromatic N) is 1. The van der Waals surface area contributed by atoms with E-state index < -0.39 is 6.10 Å². The van der Waals surface area contributed by atoms with Crippen molar-refractivity contribution in [1.82, 2.24) is 0 Å². The molecule has 0 aromatic heterocycles. The Kier molecular flexibility index (Phi) is 5.66. The van der Waals surface area contributed by atoms with Gasteiger partial charge in [0.25, 0.3) is 0 Å². The van der Waals surface area contributed by atoms with Crippen LogP contribution in [-0.2, 0) is 0 Å². The molecular formula is C12H19NO2S. The van der Waals surface area contributed by atoms with Gasteiger partial charge in [0.15, 0.2) is 0 Å². The maximum Gasteiger partial charge on any atom is 0.0945 e. The van der Waals surface area contributed by atoms with Crippen LogP contribution >= 0.6 is 11.8 Å². The van der Waals surface area contributed by atoms with Gasteiger partial charge in [-0.2, -0.15) is 0 Å². The minimum Gasteiger partial charge on any atom is -0.394 e. The topological polar surface area (TPSA) is 43.7 Å². The van der Waals surface area contributed by atoms with Crippen LogP contribution < -0.4 is 4.90 Å². The lowest BCUT2D eigenvalue weighted by Crippen LogP contribution is -2.31. The Morgan fingerprint density at radius 1 is 1.31 bits per heavy atom. The summed E-state index contributed by atoms with van der Waals surface area (Å²) in [6.07, 6.45) is -0.685. The number of rotatable bonds is 6. The number of hydrogen-bond donors (Lipinski definition) is 2. The quantitative estimate of drug-likeness (QED) is 0.742. The summed E-state index contributed by atoms with van der Waals surface area (Å²) in [5, 5.41) is 18.1. The van der Waals surface area contributed by atoms with Crippen LogP contribution in [0.2, 0.25) is 0 Å². The standard InChI is InChI=1S/C12H19NO2S/c1-3-16-12-6-4-10(5-7-12)13(2)8-11(15)9-14/h4-7,11,14-15H,3,8-9H2,1-2H3. The van der Waals surface area contributed by atoms with E-state index in [2.05, 4.69) is 19.1 Å². The van der Waals surface area contributed by atoms with Gasteiger partial charge >= 0.3 is 0 Å². The van der Waals surface area contributed by atoms with Crippen LogP contribution in [0.5, 0.6) is 0 Å². The number of aliphatic hydroxyl groups excluding tert-OH is 2. The van der Waals surface area contributed by atoms with Gasteiger partial charge in [-0.05, 0) is 30.0 Å². The first kappa shape index (κ1) is 13.4. The predicted molar refractivity (Wildman–Crippen MR) is 69.2 cm³/mol. The summed E-state index contributed by atoms with van der Waals surface area (Å²) in [6.45, 7) is 2.37. The molecule has 1 aromatic carbocycles. The van der Waals surface area contributed by atoms with Gasteiger partial charge in [0.1, 0.15) is 0 Å². The highest BCUT2D eigenvalue weighted by molar-refractivity contribution is 7.99. The zero-order valence-corrected chi connectivity index (χ0v) is 10.6. The number of thioether (sulfide) groups is 1. The summed E-state index contributed by atoms with van der Waals surface area (Å²) in [7, 11) is 1.90. The molecule has 0 saturated heterocycles. The summed E-state index contributed by atoms with van der Waals surface area (Å²) in [5.74, 6) is 1.07. The Morgan fingerprint density at radius 2 is 1.94 bits per heavy atom. The van der Waals surface area contributed by atoms with Gasteiger partial charge in [-0.25, -0.2) is 0 Å². The van der Waals surface area contributed by atoms with Crippen molar-refractivity contribution in [2.24, 2.45) is 0 Å². The SMILES string of the molecule is CCSc1ccc(N(C)CC(O)CO)cc1. The highest BCUT2D eigenvalue weighted by atomic mass is 32.2. The molecule has 0 aliphatic heterocycles. The van der Waals surface area contributed by atoms with Crippen molar-refractivity contribution in [3.05, 3.63) is 24.3 Å². The first-order chi connectivity index (χ1) is 7.67. The van der Waals surface area contributed by atoms with E-state index >= 15 is 0 Å². The van der Waals surface area contributed by atoms with Crippen LogP contribution in [0.1, 0.15) is 6.92 Å². The number of likely N-dealkylation sites (N-methyl/N-ethyl adjacent to an activating group) is 1. The van der Waals surface area contributed by atoms with Gasteiger partial charge in [0.05, 0.1) is 12.7 Å². The molecule has 1 rings (SSSR count). The lowest BCUT2D eigenvalue weighted by molar-refractivity contribution is 0.101. The molecule has 1 unspecified atom stereocenters. The largest absolute Gasteiger partial charge is 0.394 e. The van der Waals surface area contributed by atoms with Crippen LogP contribution in [0.4, 0.5) is 5.69 Å². The molecule has 0 radical (unpaired) electrons. The smallest absolute Gasteiger partial charge is 0.0945 e. The monoisotopic (exact) mass is 241 g/mol. The minimum atomic E-state index is -0.685. The van der Waals surface area contributed by atoms with E-state index in [1.54, 1.807) is 11.8 Å². The van der Waals surface area contributed by atoms with E-state index in [4.69, 9.17) is 5.11 Å². The van der Waals surface area contributed by atoms with E-state index in [-0.39, 0.29) is 6.61 Å². The first-order valence-corrected chi connectivity index (χ1v) is 6.38. The van der Waals surface area contributed by atoms with E-state index in [0.29, 0.717) is 6.54 Å². The third kappa shape index (κ3) is 4.04.